The molecule has 0 atom stereocenters. The predicted octanol–water partition coefficient (Wildman–Crippen LogP) is 4.93. The van der Waals surface area contributed by atoms with Crippen molar-refractivity contribution >= 4 is 0 Å². The summed E-state index contributed by atoms with van der Waals surface area (Å²) >= 11 is 0. The van der Waals surface area contributed by atoms with Crippen LogP contribution in [0.5, 0.6) is 0 Å². The summed E-state index contributed by atoms with van der Waals surface area (Å²) in [6, 6.07) is 0. The van der Waals surface area contributed by atoms with Crippen molar-refractivity contribution in [1.29, 1.82) is 0 Å². The predicted molar refractivity (Wildman–Crippen MR) is 108 cm³/mol. The molecule has 11 heteroatoms. The zero-order valence-electron chi connectivity index (χ0n) is 18.4. The van der Waals surface area contributed by atoms with Crippen LogP contribution in [0.15, 0.2) is 0 Å². The van der Waals surface area contributed by atoms with Gasteiger partial charge >= 0.3 is 21.1 Å². The SMILES string of the molecule is CC(C)(C)C1CC[N-]CC1.CC(C)(C)C1CC[N-]CC1.O=[N+]([O-])O.O=[N+]([O-])O.[Pt+2]. The first-order valence-electron chi connectivity index (χ1n) is 9.61. The van der Waals surface area contributed by atoms with Crippen molar-refractivity contribution in [3.8, 4) is 0 Å². The average Bonchev–Trinajstić information content (AvgIpc) is 2.54. The first-order chi connectivity index (χ1) is 12.7. The van der Waals surface area contributed by atoms with Gasteiger partial charge in [0.05, 0.1) is 0 Å². The minimum absolute atomic E-state index is 0. The summed E-state index contributed by atoms with van der Waals surface area (Å²) in [6.07, 6.45) is 5.24. The molecule has 2 aliphatic heterocycles. The molecule has 176 valence electrons. The van der Waals surface area contributed by atoms with Crippen molar-refractivity contribution in [3.05, 3.63) is 30.9 Å². The molecule has 2 rings (SSSR count). The minimum atomic E-state index is -1.50. The Morgan fingerprint density at radius 2 is 0.862 bits per heavy atom. The fourth-order valence-electron chi connectivity index (χ4n) is 3.23. The zero-order valence-corrected chi connectivity index (χ0v) is 20.7. The second-order valence-corrected chi connectivity index (χ2v) is 9.10. The van der Waals surface area contributed by atoms with Gasteiger partial charge in [0, 0.05) is 0 Å². The van der Waals surface area contributed by atoms with Gasteiger partial charge in [0.2, 0.25) is 0 Å². The van der Waals surface area contributed by atoms with Crippen LogP contribution in [0, 0.1) is 42.9 Å². The summed E-state index contributed by atoms with van der Waals surface area (Å²) in [5.41, 5.74) is 1.02. The van der Waals surface area contributed by atoms with Crippen molar-refractivity contribution in [3.63, 3.8) is 0 Å². The van der Waals surface area contributed by atoms with Gasteiger partial charge in [-0.2, -0.15) is 0 Å². The van der Waals surface area contributed by atoms with E-state index in [0.29, 0.717) is 10.8 Å². The molecule has 2 saturated heterocycles. The Balaban J connectivity index is -0.000000336. The second-order valence-electron chi connectivity index (χ2n) is 9.10. The third kappa shape index (κ3) is 23.2. The Labute approximate surface area is 188 Å². The molecule has 2 heterocycles. The van der Waals surface area contributed by atoms with Crippen LogP contribution < -0.4 is 0 Å². The quantitative estimate of drug-likeness (QED) is 0.296. The van der Waals surface area contributed by atoms with Gasteiger partial charge in [0.25, 0.3) is 10.2 Å². The topological polar surface area (TPSA) is 155 Å². The van der Waals surface area contributed by atoms with E-state index in [4.69, 9.17) is 30.6 Å². The van der Waals surface area contributed by atoms with Gasteiger partial charge < -0.3 is 21.0 Å². The van der Waals surface area contributed by atoms with Crippen molar-refractivity contribution in [2.24, 2.45) is 22.7 Å². The Hall–Kier alpha value is -0.992. The maximum Gasteiger partial charge on any atom is 2.00 e. The van der Waals surface area contributed by atoms with Gasteiger partial charge in [-0.25, -0.2) is 0 Å². The van der Waals surface area contributed by atoms with E-state index in [1.165, 1.54) is 25.7 Å². The van der Waals surface area contributed by atoms with E-state index in [1.54, 1.807) is 0 Å². The Kier molecular flexibility index (Phi) is 18.9. The Bertz CT molecular complexity index is 381. The molecule has 0 saturated carbocycles. The molecule has 2 fully saturated rings. The van der Waals surface area contributed by atoms with Gasteiger partial charge in [-0.15, -0.1) is 46.4 Å². The van der Waals surface area contributed by atoms with Crippen LogP contribution in [0.25, 0.3) is 10.6 Å². The van der Waals surface area contributed by atoms with Crippen LogP contribution >= 0.6 is 0 Å². The number of nitrogens with zero attached hydrogens (tertiary/aromatic N) is 4. The molecule has 0 amide bonds. The molecule has 0 unspecified atom stereocenters. The molecule has 0 aromatic rings. The monoisotopic (exact) mass is 601 g/mol. The molecule has 10 nitrogen and oxygen atoms in total. The standard InChI is InChI=1S/2C9H18N.2HNO3.Pt/c2*1-9(2,3)8-4-6-10-7-5-8;2*2-1(3)4;/h2*8H,4-7H2,1-3H3;2*(H,2,3,4);/q2*-1;;;+2. The molecule has 0 spiro atoms. The summed E-state index contributed by atoms with van der Waals surface area (Å²) in [6.45, 7) is 18.4. The fraction of sp³-hybridized carbons (Fsp3) is 1.00. The van der Waals surface area contributed by atoms with E-state index < -0.39 is 10.2 Å². The normalized spacial score (nSPS) is 17.6. The summed E-state index contributed by atoms with van der Waals surface area (Å²) in [5.74, 6) is 1.81. The van der Waals surface area contributed by atoms with Gasteiger partial charge in [-0.3, -0.25) is 0 Å². The first-order valence-corrected chi connectivity index (χ1v) is 9.61. The molecule has 2 aliphatic rings. The van der Waals surface area contributed by atoms with Crippen LogP contribution in [0.2, 0.25) is 0 Å². The van der Waals surface area contributed by atoms with Crippen LogP contribution in [0.4, 0.5) is 0 Å². The van der Waals surface area contributed by atoms with E-state index >= 15 is 0 Å². The number of hydrogen-bond donors (Lipinski definition) is 2. The molecule has 0 aromatic carbocycles. The van der Waals surface area contributed by atoms with Crippen LogP contribution in [-0.2, 0) is 21.1 Å². The molecular formula is C18H38N4O6Pt. The fourth-order valence-corrected chi connectivity index (χ4v) is 3.23. The number of hydrogen-bond acceptors (Lipinski definition) is 4. The smallest absolute Gasteiger partial charge is 0.662 e. The maximum absolute atomic E-state index is 8.36. The molecule has 0 aliphatic carbocycles. The third-order valence-electron chi connectivity index (χ3n) is 4.99. The molecular weight excluding hydrogens is 563 g/mol. The zero-order chi connectivity index (χ0) is 22.4. The van der Waals surface area contributed by atoms with Gasteiger partial charge in [-0.1, -0.05) is 67.2 Å². The van der Waals surface area contributed by atoms with E-state index in [9.17, 15) is 0 Å². The van der Waals surface area contributed by atoms with E-state index in [0.717, 1.165) is 38.0 Å². The summed E-state index contributed by atoms with van der Waals surface area (Å²) < 4.78 is 0. The Morgan fingerprint density at radius 3 is 0.966 bits per heavy atom. The summed E-state index contributed by atoms with van der Waals surface area (Å²) in [5, 5.41) is 36.0. The van der Waals surface area contributed by atoms with Crippen molar-refractivity contribution < 1.29 is 41.7 Å². The molecule has 2 N–H and O–H groups in total. The summed E-state index contributed by atoms with van der Waals surface area (Å²) in [7, 11) is 0. The van der Waals surface area contributed by atoms with E-state index in [1.807, 2.05) is 0 Å². The van der Waals surface area contributed by atoms with Gasteiger partial charge in [-0.05, 0) is 22.7 Å². The van der Waals surface area contributed by atoms with Gasteiger partial charge in [0.1, 0.15) is 0 Å². The number of rotatable bonds is 0. The maximum atomic E-state index is 8.36. The van der Waals surface area contributed by atoms with Gasteiger partial charge in [0.15, 0.2) is 0 Å². The first kappa shape index (κ1) is 32.7. The third-order valence-corrected chi connectivity index (χ3v) is 4.99. The minimum Gasteiger partial charge on any atom is -0.662 e. The van der Waals surface area contributed by atoms with E-state index in [2.05, 4.69) is 52.2 Å². The van der Waals surface area contributed by atoms with Crippen LogP contribution in [0.3, 0.4) is 0 Å². The second kappa shape index (κ2) is 16.8. The molecule has 0 bridgehead atoms. The molecule has 0 radical (unpaired) electrons. The van der Waals surface area contributed by atoms with Crippen molar-refractivity contribution in [2.75, 3.05) is 26.2 Å². The van der Waals surface area contributed by atoms with E-state index in [-0.39, 0.29) is 21.1 Å². The van der Waals surface area contributed by atoms with Crippen molar-refractivity contribution in [2.45, 2.75) is 67.2 Å². The largest absolute Gasteiger partial charge is 2.00 e. The van der Waals surface area contributed by atoms with Crippen LogP contribution in [0.1, 0.15) is 67.2 Å². The Morgan fingerprint density at radius 1 is 0.690 bits per heavy atom. The summed E-state index contributed by atoms with van der Waals surface area (Å²) in [4.78, 5) is 16.7. The van der Waals surface area contributed by atoms with Crippen LogP contribution in [-0.4, -0.2) is 46.8 Å². The molecule has 29 heavy (non-hydrogen) atoms. The van der Waals surface area contributed by atoms with Crippen molar-refractivity contribution in [1.82, 2.24) is 0 Å². The average molecular weight is 602 g/mol. The molecule has 0 aromatic heterocycles. The number of piperidine rings is 2.